The van der Waals surface area contributed by atoms with Crippen LogP contribution in [0.2, 0.25) is 0 Å². The molecule has 2 aromatic heterocycles. The van der Waals surface area contributed by atoms with Gasteiger partial charge in [0.15, 0.2) is 0 Å². The predicted octanol–water partition coefficient (Wildman–Crippen LogP) is 1.98. The highest BCUT2D eigenvalue weighted by Gasteiger charge is 2.17. The molecule has 0 atom stereocenters. The monoisotopic (exact) mass is 293 g/mol. The molecule has 8 heteroatoms. The van der Waals surface area contributed by atoms with Crippen LogP contribution in [0.25, 0.3) is 11.4 Å². The van der Waals surface area contributed by atoms with Crippen LogP contribution in [0.1, 0.15) is 33.6 Å². The largest absolute Gasteiger partial charge is 0.444 e. The molecule has 8 nitrogen and oxygen atoms in total. The Morgan fingerprint density at radius 3 is 2.86 bits per heavy atom. The Labute approximate surface area is 122 Å². The Balaban J connectivity index is 1.93. The third kappa shape index (κ3) is 4.30. The predicted molar refractivity (Wildman–Crippen MR) is 74.3 cm³/mol. The molecular formula is C13H19N5O3. The van der Waals surface area contributed by atoms with Crippen LogP contribution in [0.3, 0.4) is 0 Å². The van der Waals surface area contributed by atoms with Crippen LogP contribution < -0.4 is 5.32 Å². The molecule has 0 saturated carbocycles. The Bertz CT molecular complexity index is 611. The molecule has 2 aromatic rings. The first-order valence-electron chi connectivity index (χ1n) is 6.69. The van der Waals surface area contributed by atoms with Crippen molar-refractivity contribution in [2.45, 2.75) is 46.4 Å². The van der Waals surface area contributed by atoms with Gasteiger partial charge in [-0.05, 0) is 27.7 Å². The van der Waals surface area contributed by atoms with Gasteiger partial charge in [0, 0.05) is 12.7 Å². The lowest BCUT2D eigenvalue weighted by Crippen LogP contribution is -2.32. The molecular weight excluding hydrogens is 274 g/mol. The molecule has 0 spiro atoms. The number of hydrogen-bond acceptors (Lipinski definition) is 6. The minimum atomic E-state index is -0.543. The summed E-state index contributed by atoms with van der Waals surface area (Å²) < 4.78 is 12.0. The third-order valence-electron chi connectivity index (χ3n) is 2.47. The van der Waals surface area contributed by atoms with Crippen molar-refractivity contribution in [3.8, 4) is 11.4 Å². The average molecular weight is 293 g/mol. The number of carbonyl (C=O) groups excluding carboxylic acids is 1. The van der Waals surface area contributed by atoms with Gasteiger partial charge in [-0.2, -0.15) is 10.1 Å². The van der Waals surface area contributed by atoms with Gasteiger partial charge < -0.3 is 14.6 Å². The highest BCUT2D eigenvalue weighted by Crippen LogP contribution is 2.14. The number of aryl methyl sites for hydroxylation is 1. The quantitative estimate of drug-likeness (QED) is 0.926. The molecule has 0 bridgehead atoms. The molecule has 0 aliphatic rings. The number of nitrogens with zero attached hydrogens (tertiary/aromatic N) is 4. The molecule has 114 valence electrons. The topological polar surface area (TPSA) is 95.1 Å². The van der Waals surface area contributed by atoms with Crippen molar-refractivity contribution >= 4 is 6.09 Å². The lowest BCUT2D eigenvalue weighted by atomic mass is 10.2. The van der Waals surface area contributed by atoms with Crippen molar-refractivity contribution < 1.29 is 14.1 Å². The van der Waals surface area contributed by atoms with Crippen molar-refractivity contribution in [3.05, 3.63) is 18.3 Å². The molecule has 0 saturated heterocycles. The van der Waals surface area contributed by atoms with Crippen molar-refractivity contribution in [2.24, 2.45) is 0 Å². The standard InChI is InChI=1S/C13H19N5O3/c1-5-18-8-9(6-15-18)11-16-10(21-17-11)7-14-12(19)20-13(2,3)4/h6,8H,5,7H2,1-4H3,(H,14,19). The van der Waals surface area contributed by atoms with Gasteiger partial charge >= 0.3 is 6.09 Å². The summed E-state index contributed by atoms with van der Waals surface area (Å²) in [5, 5.41) is 10.6. The minimum absolute atomic E-state index is 0.115. The molecule has 0 unspecified atom stereocenters. The van der Waals surface area contributed by atoms with Crippen molar-refractivity contribution in [1.82, 2.24) is 25.2 Å². The van der Waals surface area contributed by atoms with Gasteiger partial charge in [-0.3, -0.25) is 4.68 Å². The van der Waals surface area contributed by atoms with Gasteiger partial charge in [-0.1, -0.05) is 5.16 Å². The minimum Gasteiger partial charge on any atom is -0.444 e. The van der Waals surface area contributed by atoms with Crippen LogP contribution >= 0.6 is 0 Å². The van der Waals surface area contributed by atoms with E-state index >= 15 is 0 Å². The van der Waals surface area contributed by atoms with Crippen LogP contribution in [0.4, 0.5) is 4.79 Å². The molecule has 1 N–H and O–H groups in total. The first-order valence-corrected chi connectivity index (χ1v) is 6.69. The van der Waals surface area contributed by atoms with Crippen molar-refractivity contribution in [2.75, 3.05) is 0 Å². The van der Waals surface area contributed by atoms with E-state index in [2.05, 4.69) is 20.6 Å². The maximum Gasteiger partial charge on any atom is 0.408 e. The molecule has 0 aliphatic carbocycles. The number of aromatic nitrogens is 4. The summed E-state index contributed by atoms with van der Waals surface area (Å²) in [6.45, 7) is 8.26. The number of carbonyl (C=O) groups is 1. The van der Waals surface area contributed by atoms with Crippen molar-refractivity contribution in [3.63, 3.8) is 0 Å². The average Bonchev–Trinajstić information content (AvgIpc) is 3.03. The SMILES string of the molecule is CCn1cc(-c2noc(CNC(=O)OC(C)(C)C)n2)cn1. The van der Waals surface area contributed by atoms with E-state index in [-0.39, 0.29) is 6.54 Å². The number of hydrogen-bond donors (Lipinski definition) is 1. The zero-order chi connectivity index (χ0) is 15.5. The fraction of sp³-hybridized carbons (Fsp3) is 0.538. The molecule has 1 amide bonds. The van der Waals surface area contributed by atoms with E-state index in [0.29, 0.717) is 11.7 Å². The summed E-state index contributed by atoms with van der Waals surface area (Å²) in [5.74, 6) is 0.746. The number of nitrogens with one attached hydrogen (secondary N) is 1. The summed E-state index contributed by atoms with van der Waals surface area (Å²) >= 11 is 0. The molecule has 2 heterocycles. The van der Waals surface area contributed by atoms with Crippen LogP contribution in [-0.2, 0) is 17.8 Å². The van der Waals surface area contributed by atoms with Crippen LogP contribution in [0.15, 0.2) is 16.9 Å². The molecule has 0 aromatic carbocycles. The van der Waals surface area contributed by atoms with Crippen LogP contribution in [0, 0.1) is 0 Å². The van der Waals surface area contributed by atoms with Crippen LogP contribution in [-0.4, -0.2) is 31.6 Å². The molecule has 0 fully saturated rings. The second kappa shape index (κ2) is 5.94. The zero-order valence-corrected chi connectivity index (χ0v) is 12.6. The summed E-state index contributed by atoms with van der Waals surface area (Å²) in [6, 6.07) is 0. The van der Waals surface area contributed by atoms with Crippen LogP contribution in [0.5, 0.6) is 0 Å². The second-order valence-electron chi connectivity index (χ2n) is 5.45. The van der Waals surface area contributed by atoms with E-state index in [1.807, 2.05) is 13.1 Å². The van der Waals surface area contributed by atoms with Gasteiger partial charge in [-0.25, -0.2) is 4.79 Å². The van der Waals surface area contributed by atoms with E-state index in [1.54, 1.807) is 31.6 Å². The number of rotatable bonds is 4. The summed E-state index contributed by atoms with van der Waals surface area (Å²) in [7, 11) is 0. The van der Waals surface area contributed by atoms with E-state index in [9.17, 15) is 4.79 Å². The lowest BCUT2D eigenvalue weighted by molar-refractivity contribution is 0.0518. The smallest absolute Gasteiger partial charge is 0.408 e. The maximum atomic E-state index is 11.5. The Hall–Kier alpha value is -2.38. The fourth-order valence-electron chi connectivity index (χ4n) is 1.56. The Kier molecular flexibility index (Phi) is 4.25. The third-order valence-corrected chi connectivity index (χ3v) is 2.47. The van der Waals surface area contributed by atoms with Gasteiger partial charge in [0.25, 0.3) is 0 Å². The highest BCUT2D eigenvalue weighted by molar-refractivity contribution is 5.67. The summed E-state index contributed by atoms with van der Waals surface area (Å²) in [4.78, 5) is 15.7. The van der Waals surface area contributed by atoms with Gasteiger partial charge in [0.2, 0.25) is 11.7 Å². The first kappa shape index (κ1) is 15.0. The summed E-state index contributed by atoms with van der Waals surface area (Å²) in [6.07, 6.45) is 2.97. The highest BCUT2D eigenvalue weighted by atomic mass is 16.6. The van der Waals surface area contributed by atoms with Gasteiger partial charge in [0.1, 0.15) is 12.1 Å². The van der Waals surface area contributed by atoms with E-state index in [4.69, 9.17) is 9.26 Å². The molecule has 2 rings (SSSR count). The van der Waals surface area contributed by atoms with Gasteiger partial charge in [0.05, 0.1) is 11.8 Å². The second-order valence-corrected chi connectivity index (χ2v) is 5.45. The summed E-state index contributed by atoms with van der Waals surface area (Å²) in [5.41, 5.74) is 0.225. The number of alkyl carbamates (subject to hydrolysis) is 1. The van der Waals surface area contributed by atoms with E-state index < -0.39 is 11.7 Å². The Morgan fingerprint density at radius 1 is 1.48 bits per heavy atom. The molecule has 21 heavy (non-hydrogen) atoms. The number of amides is 1. The maximum absolute atomic E-state index is 11.5. The first-order chi connectivity index (χ1) is 9.87. The Morgan fingerprint density at radius 2 is 2.24 bits per heavy atom. The van der Waals surface area contributed by atoms with Gasteiger partial charge in [-0.15, -0.1) is 0 Å². The van der Waals surface area contributed by atoms with E-state index in [1.165, 1.54) is 0 Å². The molecule has 0 radical (unpaired) electrons. The van der Waals surface area contributed by atoms with E-state index in [0.717, 1.165) is 12.1 Å². The van der Waals surface area contributed by atoms with Crippen molar-refractivity contribution in [1.29, 1.82) is 0 Å². The zero-order valence-electron chi connectivity index (χ0n) is 12.6. The molecule has 0 aliphatic heterocycles. The fourth-order valence-corrected chi connectivity index (χ4v) is 1.56. The normalized spacial score (nSPS) is 11.4. The lowest BCUT2D eigenvalue weighted by Gasteiger charge is -2.19. The number of ether oxygens (including phenoxy) is 1.